The Balaban J connectivity index is 1.99. The number of thioether (sulfide) groups is 1. The van der Waals surface area contributed by atoms with Crippen molar-refractivity contribution >= 4 is 34.5 Å². The predicted molar refractivity (Wildman–Crippen MR) is 99.1 cm³/mol. The minimum absolute atomic E-state index is 0.0329. The van der Waals surface area contributed by atoms with Crippen LogP contribution < -0.4 is 10.9 Å². The molecule has 2 aromatic rings. The number of aromatic nitrogens is 2. The van der Waals surface area contributed by atoms with E-state index in [1.54, 1.807) is 18.2 Å². The molecule has 8 heteroatoms. The van der Waals surface area contributed by atoms with Crippen molar-refractivity contribution in [2.45, 2.75) is 42.6 Å². The van der Waals surface area contributed by atoms with Gasteiger partial charge in [-0.3, -0.25) is 19.0 Å². The van der Waals surface area contributed by atoms with Gasteiger partial charge in [0.1, 0.15) is 0 Å². The maximum Gasteiger partial charge on any atom is 0.307 e. The molecule has 0 radical (unpaired) electrons. The molecule has 1 fully saturated rings. The summed E-state index contributed by atoms with van der Waals surface area (Å²) in [7, 11) is 1.31. The van der Waals surface area contributed by atoms with E-state index in [0.717, 1.165) is 19.3 Å². The van der Waals surface area contributed by atoms with E-state index in [-0.39, 0.29) is 29.7 Å². The Morgan fingerprint density at radius 1 is 1.35 bits per heavy atom. The first-order valence-electron chi connectivity index (χ1n) is 8.61. The van der Waals surface area contributed by atoms with Gasteiger partial charge in [0.2, 0.25) is 5.91 Å². The van der Waals surface area contributed by atoms with Crippen LogP contribution in [-0.4, -0.2) is 40.3 Å². The van der Waals surface area contributed by atoms with Crippen LogP contribution in [0.5, 0.6) is 0 Å². The molecule has 1 aromatic carbocycles. The first-order chi connectivity index (χ1) is 12.6. The lowest BCUT2D eigenvalue weighted by atomic mass is 10.2. The second-order valence-corrected chi connectivity index (χ2v) is 7.26. The van der Waals surface area contributed by atoms with Crippen molar-refractivity contribution in [3.8, 4) is 0 Å². The number of para-hydroxylation sites is 1. The lowest BCUT2D eigenvalue weighted by Gasteiger charge is -2.17. The van der Waals surface area contributed by atoms with E-state index in [4.69, 9.17) is 0 Å². The summed E-state index contributed by atoms with van der Waals surface area (Å²) < 4.78 is 6.15. The fraction of sp³-hybridized carbons (Fsp3) is 0.444. The minimum atomic E-state index is -0.395. The third-order valence-corrected chi connectivity index (χ3v) is 5.58. The molecule has 1 amide bonds. The normalized spacial score (nSPS) is 17.6. The van der Waals surface area contributed by atoms with E-state index in [1.165, 1.54) is 23.4 Å². The number of benzene rings is 1. The van der Waals surface area contributed by atoms with Crippen LogP contribution in [0.3, 0.4) is 0 Å². The Morgan fingerprint density at radius 2 is 2.15 bits per heavy atom. The number of nitrogens with zero attached hydrogens (tertiary/aromatic N) is 2. The monoisotopic (exact) mass is 375 g/mol. The average molecular weight is 375 g/mol. The number of methoxy groups -OCH3 is 1. The topological polar surface area (TPSA) is 90.3 Å². The second-order valence-electron chi connectivity index (χ2n) is 6.09. The van der Waals surface area contributed by atoms with Crippen LogP contribution in [0.25, 0.3) is 10.9 Å². The number of rotatable bonds is 5. The van der Waals surface area contributed by atoms with Crippen LogP contribution in [0.4, 0.5) is 0 Å². The molecule has 0 unspecified atom stereocenters. The van der Waals surface area contributed by atoms with Crippen molar-refractivity contribution in [2.75, 3.05) is 13.7 Å². The van der Waals surface area contributed by atoms with Crippen LogP contribution in [0, 0.1) is 0 Å². The molecule has 0 aliphatic carbocycles. The molecule has 138 valence electrons. The molecule has 1 atom stereocenters. The molecule has 26 heavy (non-hydrogen) atoms. The van der Waals surface area contributed by atoms with E-state index in [0.29, 0.717) is 22.6 Å². The van der Waals surface area contributed by atoms with E-state index < -0.39 is 5.97 Å². The van der Waals surface area contributed by atoms with Gasteiger partial charge >= 0.3 is 5.97 Å². The van der Waals surface area contributed by atoms with Gasteiger partial charge < -0.3 is 10.1 Å². The van der Waals surface area contributed by atoms with Crippen molar-refractivity contribution in [1.82, 2.24) is 14.9 Å². The molecule has 1 aliphatic rings. The van der Waals surface area contributed by atoms with Crippen molar-refractivity contribution in [3.05, 3.63) is 34.6 Å². The molecule has 1 saturated heterocycles. The number of ether oxygens (including phenoxy) is 1. The summed E-state index contributed by atoms with van der Waals surface area (Å²) in [6, 6.07) is 7.09. The summed E-state index contributed by atoms with van der Waals surface area (Å²) in [6.07, 6.45) is 2.69. The maximum absolute atomic E-state index is 12.9. The third-order valence-electron chi connectivity index (χ3n) is 4.33. The zero-order valence-corrected chi connectivity index (χ0v) is 15.4. The van der Waals surface area contributed by atoms with E-state index in [1.807, 2.05) is 6.07 Å². The molecule has 1 aromatic heterocycles. The largest absolute Gasteiger partial charge is 0.469 e. The fourth-order valence-corrected chi connectivity index (χ4v) is 4.07. The van der Waals surface area contributed by atoms with Crippen molar-refractivity contribution in [2.24, 2.45) is 0 Å². The molecule has 0 spiro atoms. The highest BCUT2D eigenvalue weighted by atomic mass is 32.2. The molecule has 0 bridgehead atoms. The molecule has 1 aliphatic heterocycles. The van der Waals surface area contributed by atoms with Crippen LogP contribution in [0.15, 0.2) is 34.2 Å². The quantitative estimate of drug-likeness (QED) is 0.632. The van der Waals surface area contributed by atoms with Gasteiger partial charge in [-0.25, -0.2) is 4.98 Å². The summed E-state index contributed by atoms with van der Waals surface area (Å²) in [5.74, 6) is -0.428. The van der Waals surface area contributed by atoms with E-state index in [9.17, 15) is 14.4 Å². The number of esters is 1. The maximum atomic E-state index is 12.9. The van der Waals surface area contributed by atoms with E-state index >= 15 is 0 Å². The Hall–Kier alpha value is -2.35. The predicted octanol–water partition coefficient (Wildman–Crippen LogP) is 1.72. The van der Waals surface area contributed by atoms with Crippen LogP contribution in [-0.2, 0) is 20.9 Å². The lowest BCUT2D eigenvalue weighted by molar-refractivity contribution is -0.140. The van der Waals surface area contributed by atoms with Gasteiger partial charge in [0.05, 0.1) is 29.7 Å². The number of hydrogen-bond donors (Lipinski definition) is 1. The number of amides is 1. The first-order valence-corrected chi connectivity index (χ1v) is 9.49. The minimum Gasteiger partial charge on any atom is -0.469 e. The number of hydrogen-bond acceptors (Lipinski definition) is 6. The molecule has 0 saturated carbocycles. The van der Waals surface area contributed by atoms with Crippen molar-refractivity contribution in [1.29, 1.82) is 0 Å². The first kappa shape index (κ1) is 18.4. The van der Waals surface area contributed by atoms with Gasteiger partial charge in [-0.15, -0.1) is 0 Å². The summed E-state index contributed by atoms with van der Waals surface area (Å²) in [5.41, 5.74) is 0.374. The fourth-order valence-electron chi connectivity index (χ4n) is 2.89. The van der Waals surface area contributed by atoms with Crippen molar-refractivity contribution < 1.29 is 14.3 Å². The molecule has 2 heterocycles. The highest BCUT2D eigenvalue weighted by molar-refractivity contribution is 8.00. The van der Waals surface area contributed by atoms with E-state index in [2.05, 4.69) is 15.0 Å². The van der Waals surface area contributed by atoms with Gasteiger partial charge in [0.15, 0.2) is 5.16 Å². The number of nitrogens with one attached hydrogen (secondary N) is 1. The number of carbonyl (C=O) groups is 2. The molecule has 3 rings (SSSR count). The summed E-state index contributed by atoms with van der Waals surface area (Å²) in [4.78, 5) is 41.3. The Kier molecular flexibility index (Phi) is 5.92. The van der Waals surface area contributed by atoms with Crippen LogP contribution in [0.1, 0.15) is 25.7 Å². The van der Waals surface area contributed by atoms with Gasteiger partial charge in [-0.1, -0.05) is 30.3 Å². The molecular formula is C18H21N3O4S. The number of fused-ring (bicyclic) bond motifs is 1. The molecule has 7 nitrogen and oxygen atoms in total. The Morgan fingerprint density at radius 3 is 2.96 bits per heavy atom. The SMILES string of the molecule is COC(=O)CCn1c(S[C@@H]2CCCCNC2=O)nc2ccccc2c1=O. The van der Waals surface area contributed by atoms with Crippen LogP contribution in [0.2, 0.25) is 0 Å². The highest BCUT2D eigenvalue weighted by Crippen LogP contribution is 2.27. The molecule has 1 N–H and O–H groups in total. The van der Waals surface area contributed by atoms with Gasteiger partial charge in [-0.05, 0) is 25.0 Å². The average Bonchev–Trinajstić information content (AvgIpc) is 2.85. The Bertz CT molecular complexity index is 880. The number of carbonyl (C=O) groups excluding carboxylic acids is 2. The van der Waals surface area contributed by atoms with Gasteiger partial charge in [0, 0.05) is 13.1 Å². The van der Waals surface area contributed by atoms with Gasteiger partial charge in [-0.2, -0.15) is 0 Å². The lowest BCUT2D eigenvalue weighted by Crippen LogP contribution is -2.32. The zero-order valence-electron chi connectivity index (χ0n) is 14.6. The van der Waals surface area contributed by atoms with Crippen molar-refractivity contribution in [3.63, 3.8) is 0 Å². The third kappa shape index (κ3) is 4.07. The standard InChI is InChI=1S/C18H21N3O4S/c1-25-15(22)9-11-21-17(24)12-6-2-3-7-13(12)20-18(21)26-14-8-4-5-10-19-16(14)23/h2-3,6-7,14H,4-5,8-11H2,1H3,(H,19,23)/t14-/m1/s1. The summed E-state index contributed by atoms with van der Waals surface area (Å²) >= 11 is 1.29. The summed E-state index contributed by atoms with van der Waals surface area (Å²) in [6.45, 7) is 0.843. The smallest absolute Gasteiger partial charge is 0.307 e. The second kappa shape index (κ2) is 8.35. The Labute approximate surface area is 155 Å². The zero-order chi connectivity index (χ0) is 18.5. The highest BCUT2D eigenvalue weighted by Gasteiger charge is 2.24. The van der Waals surface area contributed by atoms with Gasteiger partial charge in [0.25, 0.3) is 5.56 Å². The van der Waals surface area contributed by atoms with Crippen LogP contribution >= 0.6 is 11.8 Å². The molecular weight excluding hydrogens is 354 g/mol. The summed E-state index contributed by atoms with van der Waals surface area (Å²) in [5, 5.41) is 3.55.